The van der Waals surface area contributed by atoms with E-state index in [4.69, 9.17) is 0 Å². The van der Waals surface area contributed by atoms with Crippen LogP contribution in [0, 0.1) is 0 Å². The van der Waals surface area contributed by atoms with Crippen LogP contribution in [0.15, 0.2) is 29.9 Å². The second kappa shape index (κ2) is 9.00. The lowest BCUT2D eigenvalue weighted by Crippen LogP contribution is -2.25. The molecule has 1 N–H and O–H groups in total. The Balaban J connectivity index is 1.83. The molecule has 0 spiro atoms. The molecule has 2 rings (SSSR count). The quantitative estimate of drug-likeness (QED) is 0.654. The number of imidazole rings is 1. The second-order valence-corrected chi connectivity index (χ2v) is 6.55. The molecule has 0 saturated carbocycles. The molecule has 0 aliphatic rings. The van der Waals surface area contributed by atoms with Gasteiger partial charge in [-0.05, 0) is 24.4 Å². The summed E-state index contributed by atoms with van der Waals surface area (Å²) in [6, 6.07) is 4.53. The van der Waals surface area contributed by atoms with E-state index in [1.807, 2.05) is 12.4 Å². The highest BCUT2D eigenvalue weighted by Crippen LogP contribution is 2.24. The summed E-state index contributed by atoms with van der Waals surface area (Å²) in [5.74, 6) is 1.10. The summed E-state index contributed by atoms with van der Waals surface area (Å²) in [6.07, 6.45) is 11.9. The highest BCUT2D eigenvalue weighted by atomic mass is 32.1. The molecule has 0 aromatic carbocycles. The summed E-state index contributed by atoms with van der Waals surface area (Å²) in [5.41, 5.74) is 0. The highest BCUT2D eigenvalue weighted by molar-refractivity contribution is 7.10. The van der Waals surface area contributed by atoms with Gasteiger partial charge in [0.25, 0.3) is 0 Å². The lowest BCUT2D eigenvalue weighted by Gasteiger charge is -2.17. The van der Waals surface area contributed by atoms with Crippen molar-refractivity contribution in [3.8, 4) is 0 Å². The molecule has 1 atom stereocenters. The largest absolute Gasteiger partial charge is 0.336 e. The van der Waals surface area contributed by atoms with E-state index in [9.17, 15) is 0 Å². The average molecular weight is 305 g/mol. The first-order chi connectivity index (χ1) is 10.3. The number of unbranched alkanes of at least 4 members (excludes halogenated alkanes) is 5. The zero-order chi connectivity index (χ0) is 14.9. The van der Waals surface area contributed by atoms with Gasteiger partial charge in [-0.25, -0.2) is 4.98 Å². The SMILES string of the molecule is CCCCCCCCNC(c1cccs1)c1nccn1C. The summed E-state index contributed by atoms with van der Waals surface area (Å²) in [5, 5.41) is 5.82. The van der Waals surface area contributed by atoms with Gasteiger partial charge in [0.15, 0.2) is 0 Å². The van der Waals surface area contributed by atoms with Crippen molar-refractivity contribution in [2.75, 3.05) is 6.54 Å². The van der Waals surface area contributed by atoms with Gasteiger partial charge in [-0.2, -0.15) is 0 Å². The van der Waals surface area contributed by atoms with Crippen LogP contribution in [0.25, 0.3) is 0 Å². The highest BCUT2D eigenvalue weighted by Gasteiger charge is 2.18. The maximum absolute atomic E-state index is 4.52. The van der Waals surface area contributed by atoms with E-state index < -0.39 is 0 Å². The third-order valence-corrected chi connectivity index (χ3v) is 4.76. The Morgan fingerprint density at radius 3 is 2.71 bits per heavy atom. The van der Waals surface area contributed by atoms with Crippen LogP contribution in [-0.4, -0.2) is 16.1 Å². The van der Waals surface area contributed by atoms with Gasteiger partial charge in [0.1, 0.15) is 11.9 Å². The first-order valence-electron chi connectivity index (χ1n) is 8.07. The molecular formula is C17H27N3S. The number of nitrogens with one attached hydrogen (secondary N) is 1. The van der Waals surface area contributed by atoms with Crippen molar-refractivity contribution in [3.63, 3.8) is 0 Å². The van der Waals surface area contributed by atoms with E-state index in [1.165, 1.54) is 43.4 Å². The molecule has 3 nitrogen and oxygen atoms in total. The van der Waals surface area contributed by atoms with Crippen molar-refractivity contribution in [2.24, 2.45) is 7.05 Å². The summed E-state index contributed by atoms with van der Waals surface area (Å²) in [4.78, 5) is 5.86. The molecule has 1 unspecified atom stereocenters. The third kappa shape index (κ3) is 4.97. The number of aromatic nitrogens is 2. The fourth-order valence-corrected chi connectivity index (χ4v) is 3.38. The minimum atomic E-state index is 0.223. The Kier molecular flexibility index (Phi) is 6.96. The molecule has 0 aliphatic carbocycles. The van der Waals surface area contributed by atoms with E-state index in [-0.39, 0.29) is 6.04 Å². The van der Waals surface area contributed by atoms with E-state index in [2.05, 4.69) is 46.4 Å². The molecule has 2 heterocycles. The van der Waals surface area contributed by atoms with Gasteiger partial charge in [-0.15, -0.1) is 11.3 Å². The summed E-state index contributed by atoms with van der Waals surface area (Å²) >= 11 is 1.80. The van der Waals surface area contributed by atoms with Gasteiger partial charge in [0.2, 0.25) is 0 Å². The molecule has 21 heavy (non-hydrogen) atoms. The zero-order valence-electron chi connectivity index (χ0n) is 13.2. The van der Waals surface area contributed by atoms with Crippen molar-refractivity contribution in [3.05, 3.63) is 40.6 Å². The fourth-order valence-electron chi connectivity index (χ4n) is 2.58. The number of hydrogen-bond acceptors (Lipinski definition) is 3. The zero-order valence-corrected chi connectivity index (χ0v) is 14.0. The van der Waals surface area contributed by atoms with Crippen molar-refractivity contribution < 1.29 is 0 Å². The van der Waals surface area contributed by atoms with Crippen molar-refractivity contribution in [1.29, 1.82) is 0 Å². The minimum absolute atomic E-state index is 0.223. The van der Waals surface area contributed by atoms with Crippen LogP contribution in [0.4, 0.5) is 0 Å². The fraction of sp³-hybridized carbons (Fsp3) is 0.588. The molecule has 0 aliphatic heterocycles. The molecule has 0 fully saturated rings. The molecule has 116 valence electrons. The van der Waals surface area contributed by atoms with Gasteiger partial charge >= 0.3 is 0 Å². The first-order valence-corrected chi connectivity index (χ1v) is 8.95. The van der Waals surface area contributed by atoms with E-state index in [0.717, 1.165) is 12.4 Å². The Bertz CT molecular complexity index is 490. The van der Waals surface area contributed by atoms with Crippen LogP contribution in [0.5, 0.6) is 0 Å². The minimum Gasteiger partial charge on any atom is -0.336 e. The second-order valence-electron chi connectivity index (χ2n) is 5.57. The van der Waals surface area contributed by atoms with Gasteiger partial charge in [-0.3, -0.25) is 0 Å². The molecule has 2 aromatic heterocycles. The molecular weight excluding hydrogens is 278 g/mol. The first kappa shape index (κ1) is 16.2. The maximum Gasteiger partial charge on any atom is 0.131 e. The Hall–Kier alpha value is -1.13. The van der Waals surface area contributed by atoms with Crippen molar-refractivity contribution >= 4 is 11.3 Å². The lowest BCUT2D eigenvalue weighted by molar-refractivity contribution is 0.525. The van der Waals surface area contributed by atoms with Crippen molar-refractivity contribution in [1.82, 2.24) is 14.9 Å². The van der Waals surface area contributed by atoms with Gasteiger partial charge < -0.3 is 9.88 Å². The van der Waals surface area contributed by atoms with Crippen LogP contribution in [0.2, 0.25) is 0 Å². The lowest BCUT2D eigenvalue weighted by atomic mass is 10.1. The van der Waals surface area contributed by atoms with Crippen LogP contribution in [0.3, 0.4) is 0 Å². The topological polar surface area (TPSA) is 29.9 Å². The summed E-state index contributed by atoms with van der Waals surface area (Å²) < 4.78 is 2.11. The van der Waals surface area contributed by atoms with Gasteiger partial charge in [0, 0.05) is 24.3 Å². The molecule has 2 aromatic rings. The van der Waals surface area contributed by atoms with Crippen LogP contribution in [-0.2, 0) is 7.05 Å². The predicted molar refractivity (Wildman–Crippen MR) is 90.7 cm³/mol. The maximum atomic E-state index is 4.52. The monoisotopic (exact) mass is 305 g/mol. The van der Waals surface area contributed by atoms with E-state index in [0.29, 0.717) is 0 Å². The summed E-state index contributed by atoms with van der Waals surface area (Å²) in [6.45, 7) is 3.32. The number of nitrogens with zero attached hydrogens (tertiary/aromatic N) is 2. The van der Waals surface area contributed by atoms with Gasteiger partial charge in [0.05, 0.1) is 0 Å². The molecule has 0 bridgehead atoms. The van der Waals surface area contributed by atoms with Gasteiger partial charge in [-0.1, -0.05) is 45.1 Å². The number of hydrogen-bond donors (Lipinski definition) is 1. The predicted octanol–water partition coefficient (Wildman–Crippen LogP) is 4.52. The van der Waals surface area contributed by atoms with Crippen LogP contribution >= 0.6 is 11.3 Å². The molecule has 0 radical (unpaired) electrons. The number of rotatable bonds is 10. The van der Waals surface area contributed by atoms with Crippen LogP contribution in [0.1, 0.15) is 62.2 Å². The van der Waals surface area contributed by atoms with E-state index in [1.54, 1.807) is 11.3 Å². The Morgan fingerprint density at radius 2 is 2.05 bits per heavy atom. The standard InChI is InChI=1S/C17H27N3S/c1-3-4-5-6-7-8-11-18-16(15-10-9-14-21-15)17-19-12-13-20(17)2/h9-10,12-14,16,18H,3-8,11H2,1-2H3. The van der Waals surface area contributed by atoms with E-state index >= 15 is 0 Å². The number of aryl methyl sites for hydroxylation is 1. The van der Waals surface area contributed by atoms with Crippen molar-refractivity contribution in [2.45, 2.75) is 51.5 Å². The Morgan fingerprint density at radius 1 is 1.24 bits per heavy atom. The average Bonchev–Trinajstić information content (AvgIpc) is 3.14. The smallest absolute Gasteiger partial charge is 0.131 e. The Labute approximate surface area is 132 Å². The molecule has 4 heteroatoms. The normalized spacial score (nSPS) is 12.7. The molecule has 0 amide bonds. The summed E-state index contributed by atoms with van der Waals surface area (Å²) in [7, 11) is 2.06. The van der Waals surface area contributed by atoms with Crippen LogP contribution < -0.4 is 5.32 Å². The number of thiophene rings is 1. The third-order valence-electron chi connectivity index (χ3n) is 3.82. The molecule has 0 saturated heterocycles.